The first kappa shape index (κ1) is 14.3. The number of nitrogens with one attached hydrogen (secondary N) is 2. The number of carbonyl (C=O) groups excluding carboxylic acids is 1. The minimum atomic E-state index is -0.749. The monoisotopic (exact) mass is 299 g/mol. The molecule has 6 nitrogen and oxygen atoms in total. The van der Waals surface area contributed by atoms with Crippen molar-refractivity contribution in [2.45, 2.75) is 25.5 Å². The number of hydrogen-bond acceptors (Lipinski definition) is 4. The van der Waals surface area contributed by atoms with Crippen LogP contribution in [0.1, 0.15) is 35.7 Å². The van der Waals surface area contributed by atoms with Gasteiger partial charge in [-0.15, -0.1) is 0 Å². The third kappa shape index (κ3) is 2.87. The van der Waals surface area contributed by atoms with Crippen LogP contribution in [0.5, 0.6) is 0 Å². The predicted molar refractivity (Wildman–Crippen MR) is 81.3 cm³/mol. The molecule has 2 unspecified atom stereocenters. The van der Waals surface area contributed by atoms with Crippen LogP contribution in [0.4, 0.5) is 0 Å². The summed E-state index contributed by atoms with van der Waals surface area (Å²) in [5, 5.41) is 20.5. The van der Waals surface area contributed by atoms with E-state index in [1.54, 1.807) is 12.1 Å². The van der Waals surface area contributed by atoms with Gasteiger partial charge in [-0.3, -0.25) is 9.89 Å². The Bertz CT molecular complexity index is 764. The summed E-state index contributed by atoms with van der Waals surface area (Å²) >= 11 is 0. The van der Waals surface area contributed by atoms with Crippen LogP contribution >= 0.6 is 0 Å². The summed E-state index contributed by atoms with van der Waals surface area (Å²) in [4.78, 5) is 12.3. The third-order valence-corrected chi connectivity index (χ3v) is 3.51. The van der Waals surface area contributed by atoms with E-state index < -0.39 is 6.10 Å². The van der Waals surface area contributed by atoms with Gasteiger partial charge in [0.15, 0.2) is 5.69 Å². The Labute approximate surface area is 127 Å². The fourth-order valence-electron chi connectivity index (χ4n) is 2.42. The number of benzene rings is 1. The van der Waals surface area contributed by atoms with Crippen molar-refractivity contribution < 1.29 is 14.3 Å². The van der Waals surface area contributed by atoms with Crippen LogP contribution in [0.15, 0.2) is 47.1 Å². The number of aromatic nitrogens is 2. The van der Waals surface area contributed by atoms with Crippen molar-refractivity contribution in [3.8, 4) is 0 Å². The van der Waals surface area contributed by atoms with Gasteiger partial charge in [0.25, 0.3) is 5.91 Å². The van der Waals surface area contributed by atoms with E-state index in [2.05, 4.69) is 15.5 Å². The highest BCUT2D eigenvalue weighted by molar-refractivity contribution is 6.04. The Kier molecular flexibility index (Phi) is 3.93. The molecule has 0 aliphatic heterocycles. The molecule has 0 aliphatic carbocycles. The Balaban J connectivity index is 1.66. The number of aliphatic hydroxyl groups excluding tert-OH is 1. The number of para-hydroxylation sites is 1. The summed E-state index contributed by atoms with van der Waals surface area (Å²) < 4.78 is 5.15. The summed E-state index contributed by atoms with van der Waals surface area (Å²) in [6.45, 7) is 1.83. The number of H-pyrrole nitrogens is 1. The zero-order chi connectivity index (χ0) is 15.5. The highest BCUT2D eigenvalue weighted by Crippen LogP contribution is 2.19. The van der Waals surface area contributed by atoms with Crippen molar-refractivity contribution in [3.05, 3.63) is 54.1 Å². The van der Waals surface area contributed by atoms with Gasteiger partial charge < -0.3 is 14.8 Å². The van der Waals surface area contributed by atoms with Gasteiger partial charge in [0.1, 0.15) is 11.9 Å². The molecule has 2 heterocycles. The topological polar surface area (TPSA) is 91.2 Å². The molecular formula is C16H17N3O3. The minimum absolute atomic E-state index is 0.219. The highest BCUT2D eigenvalue weighted by atomic mass is 16.4. The summed E-state index contributed by atoms with van der Waals surface area (Å²) in [5.74, 6) is 0.225. The Morgan fingerprint density at radius 3 is 2.95 bits per heavy atom. The fourth-order valence-corrected chi connectivity index (χ4v) is 2.42. The molecule has 6 heteroatoms. The van der Waals surface area contributed by atoms with Gasteiger partial charge >= 0.3 is 0 Å². The number of hydrogen-bond donors (Lipinski definition) is 3. The maximum atomic E-state index is 12.3. The van der Waals surface area contributed by atoms with Crippen LogP contribution in [0.3, 0.4) is 0 Å². The van der Waals surface area contributed by atoms with Crippen molar-refractivity contribution in [1.29, 1.82) is 0 Å². The minimum Gasteiger partial charge on any atom is -0.467 e. The lowest BCUT2D eigenvalue weighted by atomic mass is 10.1. The van der Waals surface area contributed by atoms with Crippen molar-refractivity contribution >= 4 is 16.8 Å². The van der Waals surface area contributed by atoms with Gasteiger partial charge in [-0.2, -0.15) is 5.10 Å². The first-order valence-electron chi connectivity index (χ1n) is 7.10. The van der Waals surface area contributed by atoms with E-state index in [1.165, 1.54) is 6.26 Å². The van der Waals surface area contributed by atoms with E-state index in [9.17, 15) is 9.90 Å². The van der Waals surface area contributed by atoms with Crippen LogP contribution in [-0.2, 0) is 0 Å². The molecule has 22 heavy (non-hydrogen) atoms. The lowest BCUT2D eigenvalue weighted by Crippen LogP contribution is -2.34. The molecule has 3 rings (SSSR count). The number of aromatic amines is 1. The van der Waals surface area contributed by atoms with Crippen molar-refractivity contribution in [2.24, 2.45) is 0 Å². The van der Waals surface area contributed by atoms with Crippen LogP contribution in [-0.4, -0.2) is 27.3 Å². The average Bonchev–Trinajstić information content (AvgIpc) is 3.16. The molecule has 3 aromatic rings. The first-order valence-corrected chi connectivity index (χ1v) is 7.10. The first-order chi connectivity index (χ1) is 10.6. The number of furan rings is 1. The van der Waals surface area contributed by atoms with Crippen molar-refractivity contribution in [3.63, 3.8) is 0 Å². The molecule has 0 saturated carbocycles. The summed E-state index contributed by atoms with van der Waals surface area (Å²) in [6, 6.07) is 10.7. The number of aliphatic hydroxyl groups is 1. The largest absolute Gasteiger partial charge is 0.467 e. The molecule has 1 aromatic carbocycles. The second-order valence-corrected chi connectivity index (χ2v) is 5.26. The Morgan fingerprint density at radius 1 is 1.36 bits per heavy atom. The molecule has 2 aromatic heterocycles. The molecule has 0 saturated heterocycles. The maximum Gasteiger partial charge on any atom is 0.272 e. The van der Waals surface area contributed by atoms with Gasteiger partial charge in [-0.25, -0.2) is 0 Å². The number of nitrogens with zero attached hydrogens (tertiary/aromatic N) is 1. The smallest absolute Gasteiger partial charge is 0.272 e. The summed E-state index contributed by atoms with van der Waals surface area (Å²) in [5.41, 5.74) is 1.17. The third-order valence-electron chi connectivity index (χ3n) is 3.51. The predicted octanol–water partition coefficient (Wildman–Crippen LogP) is 2.40. The van der Waals surface area contributed by atoms with E-state index in [0.717, 1.165) is 10.9 Å². The molecule has 114 valence electrons. The zero-order valence-corrected chi connectivity index (χ0v) is 12.1. The van der Waals surface area contributed by atoms with Crippen LogP contribution in [0.2, 0.25) is 0 Å². The van der Waals surface area contributed by atoms with E-state index in [1.807, 2.05) is 31.2 Å². The zero-order valence-electron chi connectivity index (χ0n) is 12.1. The normalized spacial score (nSPS) is 13.9. The molecule has 3 N–H and O–H groups in total. The van der Waals surface area contributed by atoms with E-state index in [-0.39, 0.29) is 11.9 Å². The van der Waals surface area contributed by atoms with Gasteiger partial charge in [-0.1, -0.05) is 18.2 Å². The molecule has 0 fully saturated rings. The number of rotatable bonds is 5. The number of amides is 1. The van der Waals surface area contributed by atoms with Crippen LogP contribution in [0, 0.1) is 0 Å². The molecule has 0 bridgehead atoms. The number of carbonyl (C=O) groups is 1. The Hall–Kier alpha value is -2.60. The standard InChI is InChI=1S/C16H17N3O3/c1-10(9-13(20)14-7-4-8-22-14)17-16(21)15-11-5-2-3-6-12(11)18-19-15/h2-8,10,13,20H,9H2,1H3,(H,17,21)(H,18,19). The fraction of sp³-hybridized carbons (Fsp3) is 0.250. The molecule has 2 atom stereocenters. The van der Waals surface area contributed by atoms with E-state index in [4.69, 9.17) is 4.42 Å². The van der Waals surface area contributed by atoms with Gasteiger partial charge in [-0.05, 0) is 25.1 Å². The second-order valence-electron chi connectivity index (χ2n) is 5.26. The van der Waals surface area contributed by atoms with E-state index >= 15 is 0 Å². The lowest BCUT2D eigenvalue weighted by molar-refractivity contribution is 0.0900. The van der Waals surface area contributed by atoms with Crippen molar-refractivity contribution in [1.82, 2.24) is 15.5 Å². The van der Waals surface area contributed by atoms with Crippen molar-refractivity contribution in [2.75, 3.05) is 0 Å². The quantitative estimate of drug-likeness (QED) is 0.674. The molecule has 1 amide bonds. The summed E-state index contributed by atoms with van der Waals surface area (Å²) in [6.07, 6.45) is 1.13. The van der Waals surface area contributed by atoms with Gasteiger partial charge in [0, 0.05) is 17.8 Å². The molecule has 0 aliphatic rings. The van der Waals surface area contributed by atoms with E-state index in [0.29, 0.717) is 17.9 Å². The SMILES string of the molecule is CC(CC(O)c1ccco1)NC(=O)c1n[nH]c2ccccc12. The maximum absolute atomic E-state index is 12.3. The summed E-state index contributed by atoms with van der Waals surface area (Å²) in [7, 11) is 0. The van der Waals surface area contributed by atoms with Crippen LogP contribution < -0.4 is 5.32 Å². The highest BCUT2D eigenvalue weighted by Gasteiger charge is 2.19. The van der Waals surface area contributed by atoms with Gasteiger partial charge in [0.05, 0.1) is 11.8 Å². The average molecular weight is 299 g/mol. The lowest BCUT2D eigenvalue weighted by Gasteiger charge is -2.16. The molecule has 0 radical (unpaired) electrons. The molecular weight excluding hydrogens is 282 g/mol. The van der Waals surface area contributed by atoms with Gasteiger partial charge in [0.2, 0.25) is 0 Å². The second kappa shape index (κ2) is 6.03. The molecule has 0 spiro atoms. The number of fused-ring (bicyclic) bond motifs is 1. The van der Waals surface area contributed by atoms with Crippen LogP contribution in [0.25, 0.3) is 10.9 Å². The Morgan fingerprint density at radius 2 is 2.18 bits per heavy atom.